The maximum Gasteiger partial charge on any atom is 0.253 e. The molecular formula is C22H24ClN3O3S. The van der Waals surface area contributed by atoms with Gasteiger partial charge in [-0.25, -0.2) is 0 Å². The molecule has 1 heterocycles. The van der Waals surface area contributed by atoms with Crippen LogP contribution in [-0.2, 0) is 9.59 Å². The van der Waals surface area contributed by atoms with Crippen LogP contribution < -0.4 is 10.9 Å². The summed E-state index contributed by atoms with van der Waals surface area (Å²) in [6, 6.07) is 16.2. The highest BCUT2D eigenvalue weighted by atomic mass is 35.5. The van der Waals surface area contributed by atoms with Crippen molar-refractivity contribution in [3.8, 4) is 0 Å². The van der Waals surface area contributed by atoms with Gasteiger partial charge in [0, 0.05) is 28.6 Å². The molecule has 0 radical (unpaired) electrons. The highest BCUT2D eigenvalue weighted by molar-refractivity contribution is 8.00. The summed E-state index contributed by atoms with van der Waals surface area (Å²) in [7, 11) is 0. The van der Waals surface area contributed by atoms with Crippen LogP contribution in [0.2, 0.25) is 5.02 Å². The van der Waals surface area contributed by atoms with Crippen molar-refractivity contribution in [1.29, 1.82) is 0 Å². The smallest absolute Gasteiger partial charge is 0.253 e. The molecule has 1 fully saturated rings. The third-order valence-electron chi connectivity index (χ3n) is 5.05. The number of nitrogens with one attached hydrogen (secondary N) is 2. The van der Waals surface area contributed by atoms with Crippen LogP contribution in [0.25, 0.3) is 0 Å². The van der Waals surface area contributed by atoms with Gasteiger partial charge in [-0.2, -0.15) is 0 Å². The highest BCUT2D eigenvalue weighted by Gasteiger charge is 2.39. The van der Waals surface area contributed by atoms with E-state index in [1.165, 1.54) is 11.8 Å². The van der Waals surface area contributed by atoms with Crippen molar-refractivity contribution in [3.63, 3.8) is 0 Å². The number of thioether (sulfide) groups is 1. The van der Waals surface area contributed by atoms with E-state index < -0.39 is 5.41 Å². The normalized spacial score (nSPS) is 18.5. The van der Waals surface area contributed by atoms with Crippen LogP contribution in [-0.4, -0.2) is 41.5 Å². The number of amides is 3. The summed E-state index contributed by atoms with van der Waals surface area (Å²) >= 11 is 7.20. The minimum Gasteiger partial charge on any atom is -0.338 e. The lowest BCUT2D eigenvalue weighted by molar-refractivity contribution is -0.136. The lowest BCUT2D eigenvalue weighted by Crippen LogP contribution is -2.55. The number of nitrogens with zero attached hydrogens (tertiary/aromatic N) is 1. The molecule has 1 saturated heterocycles. The van der Waals surface area contributed by atoms with E-state index >= 15 is 0 Å². The third-order valence-corrected chi connectivity index (χ3v) is 6.32. The van der Waals surface area contributed by atoms with Crippen LogP contribution in [0, 0.1) is 5.41 Å². The monoisotopic (exact) mass is 445 g/mol. The summed E-state index contributed by atoms with van der Waals surface area (Å²) in [5.41, 5.74) is 4.84. The second-order valence-electron chi connectivity index (χ2n) is 7.50. The van der Waals surface area contributed by atoms with Gasteiger partial charge >= 0.3 is 0 Å². The van der Waals surface area contributed by atoms with Crippen LogP contribution in [0.15, 0.2) is 59.5 Å². The van der Waals surface area contributed by atoms with Crippen molar-refractivity contribution in [2.75, 3.05) is 18.8 Å². The van der Waals surface area contributed by atoms with Crippen LogP contribution in [0.3, 0.4) is 0 Å². The predicted octanol–water partition coefficient (Wildman–Crippen LogP) is 3.52. The van der Waals surface area contributed by atoms with Gasteiger partial charge in [-0.1, -0.05) is 29.8 Å². The number of piperidine rings is 1. The molecule has 0 unspecified atom stereocenters. The summed E-state index contributed by atoms with van der Waals surface area (Å²) < 4.78 is 0. The SMILES string of the molecule is C[C@@]1(C(=O)NNC(=O)CSc2ccc(Cl)cc2)CCCN(C(=O)c2ccccc2)C1. The zero-order valence-electron chi connectivity index (χ0n) is 16.7. The molecular weight excluding hydrogens is 422 g/mol. The molecule has 1 atom stereocenters. The van der Waals surface area contributed by atoms with Gasteiger partial charge in [0.05, 0.1) is 11.2 Å². The molecule has 1 aliphatic heterocycles. The van der Waals surface area contributed by atoms with Gasteiger partial charge in [-0.3, -0.25) is 25.2 Å². The number of benzene rings is 2. The molecule has 0 bridgehead atoms. The summed E-state index contributed by atoms with van der Waals surface area (Å²) in [5, 5.41) is 0.636. The predicted molar refractivity (Wildman–Crippen MR) is 118 cm³/mol. The number of likely N-dealkylation sites (tertiary alicyclic amines) is 1. The van der Waals surface area contributed by atoms with E-state index in [9.17, 15) is 14.4 Å². The van der Waals surface area contributed by atoms with Crippen molar-refractivity contribution >= 4 is 41.1 Å². The molecule has 0 spiro atoms. The molecule has 3 rings (SSSR count). The van der Waals surface area contributed by atoms with E-state index in [0.717, 1.165) is 11.3 Å². The first-order chi connectivity index (χ1) is 14.4. The Kier molecular flexibility index (Phi) is 7.39. The Morgan fingerprint density at radius 2 is 1.77 bits per heavy atom. The highest BCUT2D eigenvalue weighted by Crippen LogP contribution is 2.30. The Morgan fingerprint density at radius 1 is 1.07 bits per heavy atom. The van der Waals surface area contributed by atoms with Crippen molar-refractivity contribution in [2.24, 2.45) is 5.41 Å². The summed E-state index contributed by atoms with van der Waals surface area (Å²) in [6.45, 7) is 2.74. The molecule has 2 aromatic carbocycles. The number of hydrazine groups is 1. The zero-order valence-corrected chi connectivity index (χ0v) is 18.3. The van der Waals surface area contributed by atoms with E-state index in [1.807, 2.05) is 37.3 Å². The van der Waals surface area contributed by atoms with E-state index in [2.05, 4.69) is 10.9 Å². The fourth-order valence-corrected chi connectivity index (χ4v) is 4.18. The summed E-state index contributed by atoms with van der Waals surface area (Å²) in [5.74, 6) is -0.521. The number of hydrogen-bond donors (Lipinski definition) is 2. The molecule has 1 aliphatic rings. The fourth-order valence-electron chi connectivity index (χ4n) is 3.35. The van der Waals surface area contributed by atoms with Crippen LogP contribution >= 0.6 is 23.4 Å². The van der Waals surface area contributed by atoms with Gasteiger partial charge < -0.3 is 4.90 Å². The Balaban J connectivity index is 1.50. The van der Waals surface area contributed by atoms with Crippen molar-refractivity contribution in [3.05, 3.63) is 65.2 Å². The lowest BCUT2D eigenvalue weighted by Gasteiger charge is -2.39. The topological polar surface area (TPSA) is 78.5 Å². The minimum atomic E-state index is -0.765. The first-order valence-corrected chi connectivity index (χ1v) is 11.1. The molecule has 0 aliphatic carbocycles. The van der Waals surface area contributed by atoms with Crippen molar-refractivity contribution < 1.29 is 14.4 Å². The molecule has 2 N–H and O–H groups in total. The second-order valence-corrected chi connectivity index (χ2v) is 8.99. The summed E-state index contributed by atoms with van der Waals surface area (Å²) in [6.07, 6.45) is 1.37. The van der Waals surface area contributed by atoms with E-state index in [0.29, 0.717) is 30.1 Å². The van der Waals surface area contributed by atoms with Gasteiger partial charge in [-0.05, 0) is 56.2 Å². The fraction of sp³-hybridized carbons (Fsp3) is 0.318. The first kappa shape index (κ1) is 22.2. The molecule has 158 valence electrons. The average molecular weight is 446 g/mol. The van der Waals surface area contributed by atoms with Gasteiger partial charge in [0.2, 0.25) is 11.8 Å². The lowest BCUT2D eigenvalue weighted by atomic mass is 9.81. The van der Waals surface area contributed by atoms with Gasteiger partial charge in [0.1, 0.15) is 0 Å². The Labute approximate surface area is 185 Å². The third kappa shape index (κ3) is 5.77. The largest absolute Gasteiger partial charge is 0.338 e. The van der Waals surface area contributed by atoms with Crippen molar-refractivity contribution in [2.45, 2.75) is 24.7 Å². The molecule has 8 heteroatoms. The first-order valence-electron chi connectivity index (χ1n) is 9.69. The standard InChI is InChI=1S/C22H24ClN3O3S/c1-22(12-5-13-26(15-22)20(28)16-6-3-2-4-7-16)21(29)25-24-19(27)14-30-18-10-8-17(23)9-11-18/h2-4,6-11H,5,12-15H2,1H3,(H,24,27)(H,25,29)/t22-/m1/s1. The molecule has 0 saturated carbocycles. The quantitative estimate of drug-likeness (QED) is 0.545. The van der Waals surface area contributed by atoms with Crippen LogP contribution in [0.1, 0.15) is 30.1 Å². The van der Waals surface area contributed by atoms with E-state index in [1.54, 1.807) is 29.2 Å². The van der Waals surface area contributed by atoms with Crippen molar-refractivity contribution in [1.82, 2.24) is 15.8 Å². The van der Waals surface area contributed by atoms with Crippen LogP contribution in [0.5, 0.6) is 0 Å². The molecule has 2 aromatic rings. The number of carbonyl (C=O) groups is 3. The van der Waals surface area contributed by atoms with Gasteiger partial charge in [0.15, 0.2) is 0 Å². The Morgan fingerprint density at radius 3 is 2.47 bits per heavy atom. The average Bonchev–Trinajstić information content (AvgIpc) is 2.77. The molecule has 6 nitrogen and oxygen atoms in total. The van der Waals surface area contributed by atoms with Gasteiger partial charge in [-0.15, -0.1) is 11.8 Å². The number of halogens is 1. The zero-order chi connectivity index (χ0) is 21.6. The number of carbonyl (C=O) groups excluding carboxylic acids is 3. The maximum atomic E-state index is 12.8. The minimum absolute atomic E-state index is 0.0854. The Bertz CT molecular complexity index is 908. The number of hydrogen-bond acceptors (Lipinski definition) is 4. The van der Waals surface area contributed by atoms with Gasteiger partial charge in [0.25, 0.3) is 5.91 Å². The van der Waals surface area contributed by atoms with E-state index in [4.69, 9.17) is 11.6 Å². The second kappa shape index (κ2) is 10.00. The Hall–Kier alpha value is -2.51. The molecule has 3 amide bonds. The molecule has 0 aromatic heterocycles. The summed E-state index contributed by atoms with van der Waals surface area (Å²) in [4.78, 5) is 40.2. The molecule has 30 heavy (non-hydrogen) atoms. The number of rotatable bonds is 5. The maximum absolute atomic E-state index is 12.8. The van der Waals surface area contributed by atoms with E-state index in [-0.39, 0.29) is 23.5 Å². The van der Waals surface area contributed by atoms with Crippen LogP contribution in [0.4, 0.5) is 0 Å².